The van der Waals surface area contributed by atoms with Crippen LogP contribution >= 0.6 is 11.3 Å². The number of nitrogens with zero attached hydrogens (tertiary/aromatic N) is 1. The number of quaternary nitrogens is 1. The summed E-state index contributed by atoms with van der Waals surface area (Å²) in [5, 5.41) is 4.04. The lowest BCUT2D eigenvalue weighted by Gasteiger charge is -2.38. The van der Waals surface area contributed by atoms with Gasteiger partial charge in [0.1, 0.15) is 16.9 Å². The fourth-order valence-electron chi connectivity index (χ4n) is 5.01. The van der Waals surface area contributed by atoms with Gasteiger partial charge in [0, 0.05) is 27.3 Å². The number of carbonyl (C=O) groups excluding carboxylic acids is 1. The van der Waals surface area contributed by atoms with Crippen LogP contribution in [0.15, 0.2) is 91.0 Å². The van der Waals surface area contributed by atoms with Crippen LogP contribution in [0.4, 0.5) is 15.1 Å². The van der Waals surface area contributed by atoms with Crippen LogP contribution in [0.25, 0.3) is 0 Å². The molecule has 0 bridgehead atoms. The Bertz CT molecular complexity index is 1300. The third-order valence-corrected chi connectivity index (χ3v) is 8.06. The predicted octanol–water partition coefficient (Wildman–Crippen LogP) is 5.20. The molecule has 2 N–H and O–H groups in total. The molecule has 0 spiro atoms. The van der Waals surface area contributed by atoms with Crippen molar-refractivity contribution in [3.8, 4) is 0 Å². The molecule has 1 fully saturated rings. The minimum absolute atomic E-state index is 0.0683. The van der Waals surface area contributed by atoms with Crippen LogP contribution in [0.1, 0.15) is 39.3 Å². The van der Waals surface area contributed by atoms with Crippen molar-refractivity contribution in [3.05, 3.63) is 118 Å². The predicted molar refractivity (Wildman–Crippen MR) is 146 cm³/mol. The summed E-state index contributed by atoms with van der Waals surface area (Å²) in [6.07, 6.45) is 0.881. The molecule has 6 heteroatoms. The molecular weight excluding hydrogens is 469 g/mol. The molecule has 1 aliphatic rings. The number of nitrogens with one attached hydrogen (secondary N) is 2. The third-order valence-electron chi connectivity index (χ3n) is 6.85. The van der Waals surface area contributed by atoms with Crippen LogP contribution in [0.3, 0.4) is 0 Å². The van der Waals surface area contributed by atoms with E-state index in [-0.39, 0.29) is 17.8 Å². The van der Waals surface area contributed by atoms with Gasteiger partial charge < -0.3 is 15.1 Å². The maximum absolute atomic E-state index is 14.4. The van der Waals surface area contributed by atoms with E-state index in [9.17, 15) is 9.18 Å². The number of carbonyl (C=O) groups is 1. The van der Waals surface area contributed by atoms with Gasteiger partial charge >= 0.3 is 0 Å². The number of hydrogen-bond acceptors (Lipinski definition) is 3. The maximum atomic E-state index is 14.4. The number of para-hydroxylation sites is 1. The Labute approximate surface area is 216 Å². The van der Waals surface area contributed by atoms with Gasteiger partial charge in [0.15, 0.2) is 0 Å². The quantitative estimate of drug-likeness (QED) is 0.366. The van der Waals surface area contributed by atoms with E-state index < -0.39 is 0 Å². The molecular formula is C30H31FN3OS+. The Kier molecular flexibility index (Phi) is 7.44. The van der Waals surface area contributed by atoms with Crippen LogP contribution < -0.4 is 15.1 Å². The first kappa shape index (κ1) is 24.2. The summed E-state index contributed by atoms with van der Waals surface area (Å²) in [4.78, 5) is 18.1. The van der Waals surface area contributed by atoms with E-state index in [2.05, 4.69) is 47.5 Å². The first-order chi connectivity index (χ1) is 17.6. The normalized spacial score (nSPS) is 15.0. The lowest BCUT2D eigenvalue weighted by atomic mass is 9.97. The fraction of sp³-hybridized carbons (Fsp3) is 0.233. The molecule has 0 radical (unpaired) electrons. The van der Waals surface area contributed by atoms with Gasteiger partial charge in [-0.05, 0) is 48.9 Å². The van der Waals surface area contributed by atoms with Gasteiger partial charge in [0.2, 0.25) is 0 Å². The minimum atomic E-state index is -0.236. The molecule has 1 amide bonds. The van der Waals surface area contributed by atoms with E-state index in [1.54, 1.807) is 23.5 Å². The molecule has 3 aromatic carbocycles. The number of halogens is 1. The lowest BCUT2D eigenvalue weighted by Crippen LogP contribution is -3.15. The molecule has 1 aliphatic heterocycles. The summed E-state index contributed by atoms with van der Waals surface area (Å²) in [6, 6.07) is 28.8. The van der Waals surface area contributed by atoms with Gasteiger partial charge in [-0.15, -0.1) is 11.3 Å². The number of aryl methyl sites for hydroxylation is 1. The van der Waals surface area contributed by atoms with E-state index >= 15 is 0 Å². The third kappa shape index (κ3) is 5.35. The van der Waals surface area contributed by atoms with E-state index in [1.807, 2.05) is 42.5 Å². The van der Waals surface area contributed by atoms with Crippen molar-refractivity contribution in [2.24, 2.45) is 0 Å². The maximum Gasteiger partial charge on any atom is 0.256 e. The van der Waals surface area contributed by atoms with E-state index in [1.165, 1.54) is 21.5 Å². The van der Waals surface area contributed by atoms with Crippen LogP contribution in [-0.4, -0.2) is 32.1 Å². The minimum Gasteiger partial charge on any atom is -0.360 e. The monoisotopic (exact) mass is 500 g/mol. The Morgan fingerprint density at radius 2 is 1.67 bits per heavy atom. The molecule has 0 saturated carbocycles. The Morgan fingerprint density at radius 1 is 0.972 bits per heavy atom. The number of piperazine rings is 1. The molecule has 4 aromatic rings. The van der Waals surface area contributed by atoms with E-state index in [0.29, 0.717) is 5.56 Å². The van der Waals surface area contributed by atoms with Crippen LogP contribution in [0, 0.1) is 5.82 Å². The van der Waals surface area contributed by atoms with Gasteiger partial charge in [-0.25, -0.2) is 4.39 Å². The van der Waals surface area contributed by atoms with Gasteiger partial charge in [-0.2, -0.15) is 0 Å². The van der Waals surface area contributed by atoms with Crippen LogP contribution in [0.5, 0.6) is 0 Å². The second-order valence-electron chi connectivity index (χ2n) is 9.14. The summed E-state index contributed by atoms with van der Waals surface area (Å²) in [5.41, 5.74) is 3.86. The zero-order valence-corrected chi connectivity index (χ0v) is 21.2. The van der Waals surface area contributed by atoms with Crippen molar-refractivity contribution in [1.82, 2.24) is 0 Å². The standard InChI is InChI=1S/C30H30FN3OS/c1-2-26-21-27(30(36-26)32-29(35)22-10-5-3-6-11-22)28(23-12-9-13-24(31)20-23)34-18-16-33(17-19-34)25-14-7-4-8-15-25/h3-15,20-21,28H,2,16-19H2,1H3,(H,32,35)/p+1/t28-/m1/s1. The first-order valence-corrected chi connectivity index (χ1v) is 13.3. The molecule has 184 valence electrons. The van der Waals surface area contributed by atoms with E-state index in [0.717, 1.165) is 48.7 Å². The summed E-state index contributed by atoms with van der Waals surface area (Å²) in [6.45, 7) is 5.79. The number of anilines is 2. The highest BCUT2D eigenvalue weighted by molar-refractivity contribution is 7.16. The van der Waals surface area contributed by atoms with Crippen molar-refractivity contribution in [2.45, 2.75) is 19.4 Å². The summed E-state index contributed by atoms with van der Waals surface area (Å²) in [7, 11) is 0. The Morgan fingerprint density at radius 3 is 2.33 bits per heavy atom. The number of hydrogen-bond donors (Lipinski definition) is 2. The topological polar surface area (TPSA) is 36.8 Å². The molecule has 1 atom stereocenters. The highest BCUT2D eigenvalue weighted by Gasteiger charge is 2.33. The van der Waals surface area contributed by atoms with Gasteiger partial charge in [0.05, 0.1) is 26.2 Å². The average Bonchev–Trinajstić information content (AvgIpc) is 3.32. The van der Waals surface area contributed by atoms with Crippen molar-refractivity contribution in [1.29, 1.82) is 0 Å². The molecule has 0 aliphatic carbocycles. The van der Waals surface area contributed by atoms with E-state index in [4.69, 9.17) is 0 Å². The number of amides is 1. The van der Waals surface area contributed by atoms with Crippen molar-refractivity contribution in [3.63, 3.8) is 0 Å². The van der Waals surface area contributed by atoms with Gasteiger partial charge in [-0.1, -0.05) is 55.5 Å². The van der Waals surface area contributed by atoms with Crippen LogP contribution in [0.2, 0.25) is 0 Å². The van der Waals surface area contributed by atoms with Crippen molar-refractivity contribution >= 4 is 27.9 Å². The fourth-order valence-corrected chi connectivity index (χ4v) is 6.04. The highest BCUT2D eigenvalue weighted by Crippen LogP contribution is 2.35. The zero-order valence-electron chi connectivity index (χ0n) is 20.4. The first-order valence-electron chi connectivity index (χ1n) is 12.5. The van der Waals surface area contributed by atoms with Gasteiger partial charge in [-0.3, -0.25) is 4.79 Å². The molecule has 4 nitrogen and oxygen atoms in total. The molecule has 5 rings (SSSR count). The average molecular weight is 501 g/mol. The highest BCUT2D eigenvalue weighted by atomic mass is 32.1. The SMILES string of the molecule is CCc1cc([C@@H](c2cccc(F)c2)[NH+]2CCN(c3ccccc3)CC2)c(NC(=O)c2ccccc2)s1. The van der Waals surface area contributed by atoms with Gasteiger partial charge in [0.25, 0.3) is 5.91 Å². The number of rotatable bonds is 7. The smallest absolute Gasteiger partial charge is 0.256 e. The van der Waals surface area contributed by atoms with Crippen molar-refractivity contribution in [2.75, 3.05) is 36.4 Å². The summed E-state index contributed by atoms with van der Waals surface area (Å²) >= 11 is 1.62. The van der Waals surface area contributed by atoms with Crippen molar-refractivity contribution < 1.29 is 14.1 Å². The lowest BCUT2D eigenvalue weighted by molar-refractivity contribution is -0.926. The summed E-state index contributed by atoms with van der Waals surface area (Å²) < 4.78 is 14.4. The molecule has 1 aromatic heterocycles. The molecule has 0 unspecified atom stereocenters. The second-order valence-corrected chi connectivity index (χ2v) is 10.3. The Balaban J connectivity index is 1.47. The number of benzene rings is 3. The Hall–Kier alpha value is -3.48. The number of thiophene rings is 1. The van der Waals surface area contributed by atoms with Crippen LogP contribution in [-0.2, 0) is 6.42 Å². The molecule has 1 saturated heterocycles. The molecule has 2 heterocycles. The zero-order chi connectivity index (χ0) is 24.9. The largest absolute Gasteiger partial charge is 0.360 e. The second kappa shape index (κ2) is 11.1. The molecule has 36 heavy (non-hydrogen) atoms. The summed E-state index contributed by atoms with van der Waals surface area (Å²) in [5.74, 6) is -0.358.